The lowest BCUT2D eigenvalue weighted by Crippen LogP contribution is -2.50. The van der Waals surface area contributed by atoms with Gasteiger partial charge in [0.25, 0.3) is 0 Å². The molecule has 1 aromatic rings. The van der Waals surface area contributed by atoms with Gasteiger partial charge in [-0.3, -0.25) is 10.1 Å². The van der Waals surface area contributed by atoms with Crippen LogP contribution in [0.25, 0.3) is 0 Å². The second-order valence-corrected chi connectivity index (χ2v) is 4.54. The van der Waals surface area contributed by atoms with Gasteiger partial charge in [0, 0.05) is 12.1 Å². The molecule has 0 aromatic heterocycles. The van der Waals surface area contributed by atoms with Crippen molar-refractivity contribution < 1.29 is 14.6 Å². The first kappa shape index (κ1) is 14.3. The smallest absolute Gasteiger partial charge is 0.237 e. The molecule has 0 fully saturated rings. The Morgan fingerprint density at radius 1 is 1.50 bits per heavy atom. The zero-order valence-electron chi connectivity index (χ0n) is 11.0. The lowest BCUT2D eigenvalue weighted by Gasteiger charge is -2.22. The number of hydrogen-bond acceptors (Lipinski definition) is 4. The average molecular weight is 252 g/mol. The van der Waals surface area contributed by atoms with E-state index in [4.69, 9.17) is 10.5 Å². The molecule has 5 nitrogen and oxygen atoms in total. The van der Waals surface area contributed by atoms with Crippen molar-refractivity contribution in [3.63, 3.8) is 0 Å². The van der Waals surface area contributed by atoms with Crippen molar-refractivity contribution in [2.75, 3.05) is 6.61 Å². The van der Waals surface area contributed by atoms with Crippen molar-refractivity contribution in [1.29, 1.82) is 0 Å². The van der Waals surface area contributed by atoms with Crippen LogP contribution in [0.2, 0.25) is 0 Å². The van der Waals surface area contributed by atoms with E-state index in [1.807, 2.05) is 6.92 Å². The van der Waals surface area contributed by atoms with Gasteiger partial charge < -0.3 is 15.6 Å². The molecule has 5 heteroatoms. The Hall–Kier alpha value is -1.75. The fourth-order valence-corrected chi connectivity index (χ4v) is 1.39. The standard InChI is InChI=1S/C13H20N2O3/c1-4-18-10-7-5-6-9(11(10)16)8-15-13(2,3)12(14)17/h5-7,15-16H,4,8H2,1-3H3,(H2,14,17). The first-order chi connectivity index (χ1) is 8.38. The van der Waals surface area contributed by atoms with Crippen LogP contribution in [0.3, 0.4) is 0 Å². The first-order valence-corrected chi connectivity index (χ1v) is 5.87. The molecular formula is C13H20N2O3. The first-order valence-electron chi connectivity index (χ1n) is 5.87. The van der Waals surface area contributed by atoms with Crippen LogP contribution in [0.4, 0.5) is 0 Å². The van der Waals surface area contributed by atoms with E-state index >= 15 is 0 Å². The Kier molecular flexibility index (Phi) is 4.55. The third-order valence-electron chi connectivity index (χ3n) is 2.72. The Labute approximate surface area is 107 Å². The molecule has 0 aliphatic heterocycles. The summed E-state index contributed by atoms with van der Waals surface area (Å²) in [5.74, 6) is 0.0868. The zero-order chi connectivity index (χ0) is 13.8. The van der Waals surface area contributed by atoms with E-state index in [1.165, 1.54) is 0 Å². The summed E-state index contributed by atoms with van der Waals surface area (Å²) in [7, 11) is 0. The Balaban J connectivity index is 2.80. The van der Waals surface area contributed by atoms with Crippen molar-refractivity contribution in [2.45, 2.75) is 32.9 Å². The van der Waals surface area contributed by atoms with Crippen molar-refractivity contribution in [3.05, 3.63) is 23.8 Å². The minimum absolute atomic E-state index is 0.0899. The number of phenols is 1. The third-order valence-corrected chi connectivity index (χ3v) is 2.72. The molecule has 0 aliphatic carbocycles. The predicted molar refractivity (Wildman–Crippen MR) is 69.4 cm³/mol. The molecule has 4 N–H and O–H groups in total. The van der Waals surface area contributed by atoms with Gasteiger partial charge in [0.2, 0.25) is 5.91 Å². The van der Waals surface area contributed by atoms with Gasteiger partial charge in [-0.15, -0.1) is 0 Å². The molecule has 18 heavy (non-hydrogen) atoms. The number of primary amides is 1. The predicted octanol–water partition coefficient (Wildman–Crippen LogP) is 1.14. The summed E-state index contributed by atoms with van der Waals surface area (Å²) in [5, 5.41) is 13.0. The third kappa shape index (κ3) is 3.37. The molecule has 0 spiro atoms. The summed E-state index contributed by atoms with van der Waals surface area (Å²) in [6.45, 7) is 6.05. The van der Waals surface area contributed by atoms with Crippen LogP contribution in [0.15, 0.2) is 18.2 Å². The van der Waals surface area contributed by atoms with Gasteiger partial charge >= 0.3 is 0 Å². The molecule has 100 valence electrons. The molecule has 1 amide bonds. The molecule has 1 aromatic carbocycles. The van der Waals surface area contributed by atoms with Gasteiger partial charge in [-0.2, -0.15) is 0 Å². The van der Waals surface area contributed by atoms with E-state index in [2.05, 4.69) is 5.32 Å². The fraction of sp³-hybridized carbons (Fsp3) is 0.462. The Morgan fingerprint density at radius 3 is 2.72 bits per heavy atom. The van der Waals surface area contributed by atoms with Crippen molar-refractivity contribution in [1.82, 2.24) is 5.32 Å². The highest BCUT2D eigenvalue weighted by atomic mass is 16.5. The average Bonchev–Trinajstić information content (AvgIpc) is 2.30. The van der Waals surface area contributed by atoms with Crippen LogP contribution in [0.5, 0.6) is 11.5 Å². The van der Waals surface area contributed by atoms with Crippen LogP contribution in [-0.2, 0) is 11.3 Å². The molecule has 0 radical (unpaired) electrons. The fourth-order valence-electron chi connectivity index (χ4n) is 1.39. The summed E-state index contributed by atoms with van der Waals surface area (Å²) in [6, 6.07) is 5.25. The van der Waals surface area contributed by atoms with E-state index in [-0.39, 0.29) is 5.75 Å². The largest absolute Gasteiger partial charge is 0.504 e. The van der Waals surface area contributed by atoms with Gasteiger partial charge in [0.05, 0.1) is 12.1 Å². The number of carbonyl (C=O) groups is 1. The molecule has 0 bridgehead atoms. The van der Waals surface area contributed by atoms with Gasteiger partial charge in [-0.25, -0.2) is 0 Å². The van der Waals surface area contributed by atoms with Crippen LogP contribution in [0.1, 0.15) is 26.3 Å². The van der Waals surface area contributed by atoms with Crippen molar-refractivity contribution in [3.8, 4) is 11.5 Å². The van der Waals surface area contributed by atoms with E-state index in [9.17, 15) is 9.90 Å². The summed E-state index contributed by atoms with van der Waals surface area (Å²) in [4.78, 5) is 11.2. The number of para-hydroxylation sites is 1. The lowest BCUT2D eigenvalue weighted by molar-refractivity contribution is -0.123. The number of hydrogen-bond donors (Lipinski definition) is 3. The lowest BCUT2D eigenvalue weighted by atomic mass is 10.0. The van der Waals surface area contributed by atoms with Crippen LogP contribution in [0, 0.1) is 0 Å². The number of aromatic hydroxyl groups is 1. The number of phenolic OH excluding ortho intramolecular Hbond substituents is 1. The molecule has 1 rings (SSSR count). The van der Waals surface area contributed by atoms with E-state index in [1.54, 1.807) is 32.0 Å². The van der Waals surface area contributed by atoms with E-state index < -0.39 is 11.4 Å². The topological polar surface area (TPSA) is 84.6 Å². The Bertz CT molecular complexity index is 430. The number of ether oxygens (including phenoxy) is 1. The normalized spacial score (nSPS) is 11.3. The Morgan fingerprint density at radius 2 is 2.17 bits per heavy atom. The van der Waals surface area contributed by atoms with E-state index in [0.717, 1.165) is 0 Å². The number of amides is 1. The minimum Gasteiger partial charge on any atom is -0.504 e. The summed E-state index contributed by atoms with van der Waals surface area (Å²) >= 11 is 0. The zero-order valence-corrected chi connectivity index (χ0v) is 11.0. The number of rotatable bonds is 6. The van der Waals surface area contributed by atoms with Crippen LogP contribution < -0.4 is 15.8 Å². The molecule has 0 aliphatic rings. The van der Waals surface area contributed by atoms with Crippen molar-refractivity contribution >= 4 is 5.91 Å². The second-order valence-electron chi connectivity index (χ2n) is 4.54. The number of nitrogens with one attached hydrogen (secondary N) is 1. The van der Waals surface area contributed by atoms with Gasteiger partial charge in [0.1, 0.15) is 0 Å². The van der Waals surface area contributed by atoms with Crippen LogP contribution >= 0.6 is 0 Å². The summed E-state index contributed by atoms with van der Waals surface area (Å²) in [5.41, 5.74) is 5.10. The van der Waals surface area contributed by atoms with Gasteiger partial charge in [-0.05, 0) is 26.8 Å². The number of carbonyl (C=O) groups excluding carboxylic acids is 1. The molecule has 0 saturated carbocycles. The number of nitrogens with two attached hydrogens (primary N) is 1. The van der Waals surface area contributed by atoms with E-state index in [0.29, 0.717) is 24.5 Å². The second kappa shape index (κ2) is 5.73. The highest BCUT2D eigenvalue weighted by molar-refractivity contribution is 5.83. The molecule has 0 atom stereocenters. The quantitative estimate of drug-likeness (QED) is 0.709. The van der Waals surface area contributed by atoms with Crippen molar-refractivity contribution in [2.24, 2.45) is 5.73 Å². The summed E-state index contributed by atoms with van der Waals surface area (Å²) in [6.07, 6.45) is 0. The highest BCUT2D eigenvalue weighted by Gasteiger charge is 2.24. The molecular weight excluding hydrogens is 232 g/mol. The molecule has 0 unspecified atom stereocenters. The number of benzene rings is 1. The SMILES string of the molecule is CCOc1cccc(CNC(C)(C)C(N)=O)c1O. The highest BCUT2D eigenvalue weighted by Crippen LogP contribution is 2.29. The monoisotopic (exact) mass is 252 g/mol. The molecule has 0 saturated heterocycles. The van der Waals surface area contributed by atoms with Gasteiger partial charge in [-0.1, -0.05) is 12.1 Å². The maximum absolute atomic E-state index is 11.2. The maximum Gasteiger partial charge on any atom is 0.237 e. The van der Waals surface area contributed by atoms with Crippen LogP contribution in [-0.4, -0.2) is 23.2 Å². The summed E-state index contributed by atoms with van der Waals surface area (Å²) < 4.78 is 5.29. The minimum atomic E-state index is -0.825. The maximum atomic E-state index is 11.2. The molecule has 0 heterocycles. The van der Waals surface area contributed by atoms with Gasteiger partial charge in [0.15, 0.2) is 11.5 Å².